The number of ether oxygens (including phenoxy) is 1. The van der Waals surface area contributed by atoms with Gasteiger partial charge < -0.3 is 19.9 Å². The maximum absolute atomic E-state index is 12.8. The number of urea groups is 1. The molecule has 0 spiro atoms. The summed E-state index contributed by atoms with van der Waals surface area (Å²) in [5, 5.41) is 3.01. The molecule has 33 heavy (non-hydrogen) atoms. The van der Waals surface area contributed by atoms with Crippen LogP contribution in [-0.4, -0.2) is 54.7 Å². The van der Waals surface area contributed by atoms with Crippen LogP contribution in [0.25, 0.3) is 11.1 Å². The lowest BCUT2D eigenvalue weighted by Gasteiger charge is -2.23. The van der Waals surface area contributed by atoms with E-state index in [1.54, 1.807) is 19.2 Å². The number of carbonyl (C=O) groups is 2. The Balaban J connectivity index is 1.33. The second-order valence-electron chi connectivity index (χ2n) is 7.83. The zero-order valence-electron chi connectivity index (χ0n) is 18.7. The highest BCUT2D eigenvalue weighted by Gasteiger charge is 2.20. The molecule has 0 bridgehead atoms. The van der Waals surface area contributed by atoms with E-state index in [1.165, 1.54) is 0 Å². The number of carbonyl (C=O) groups excluding carboxylic acids is 2. The van der Waals surface area contributed by atoms with Crippen LogP contribution >= 0.6 is 0 Å². The van der Waals surface area contributed by atoms with Crippen LogP contribution in [0.2, 0.25) is 0 Å². The van der Waals surface area contributed by atoms with Gasteiger partial charge in [-0.25, -0.2) is 14.6 Å². The minimum atomic E-state index is -0.368. The van der Waals surface area contributed by atoms with Gasteiger partial charge in [0, 0.05) is 38.1 Å². The molecule has 2 aromatic carbocycles. The summed E-state index contributed by atoms with van der Waals surface area (Å²) in [6.45, 7) is 4.84. The van der Waals surface area contributed by atoms with E-state index in [1.807, 2.05) is 53.4 Å². The van der Waals surface area contributed by atoms with E-state index < -0.39 is 0 Å². The lowest BCUT2D eigenvalue weighted by Crippen LogP contribution is -2.38. The quantitative estimate of drug-likeness (QED) is 0.579. The van der Waals surface area contributed by atoms with Gasteiger partial charge in [-0.1, -0.05) is 42.5 Å². The minimum Gasteiger partial charge on any atom is -0.462 e. The zero-order valence-corrected chi connectivity index (χ0v) is 18.7. The second kappa shape index (κ2) is 10.6. The van der Waals surface area contributed by atoms with Crippen molar-refractivity contribution >= 4 is 23.5 Å². The summed E-state index contributed by atoms with van der Waals surface area (Å²) in [4.78, 5) is 33.0. The number of amides is 2. The summed E-state index contributed by atoms with van der Waals surface area (Å²) < 4.78 is 5.01. The number of pyridine rings is 1. The molecule has 0 atom stereocenters. The van der Waals surface area contributed by atoms with Crippen LogP contribution in [0, 0.1) is 0 Å². The predicted molar refractivity (Wildman–Crippen MR) is 129 cm³/mol. The van der Waals surface area contributed by atoms with Gasteiger partial charge in [0.2, 0.25) is 0 Å². The van der Waals surface area contributed by atoms with Gasteiger partial charge in [0.05, 0.1) is 12.2 Å². The molecule has 0 unspecified atom stereocenters. The SMILES string of the molecule is CCOC(=O)c1ccc(N2CCCN(C(=O)Nc3ccc(-c4ccccc4)cc3)CC2)nc1. The van der Waals surface area contributed by atoms with Crippen molar-refractivity contribution in [1.82, 2.24) is 9.88 Å². The highest BCUT2D eigenvalue weighted by atomic mass is 16.5. The number of nitrogens with one attached hydrogen (secondary N) is 1. The van der Waals surface area contributed by atoms with Crippen molar-refractivity contribution in [2.75, 3.05) is 43.0 Å². The summed E-state index contributed by atoms with van der Waals surface area (Å²) in [6.07, 6.45) is 2.38. The van der Waals surface area contributed by atoms with E-state index in [4.69, 9.17) is 4.74 Å². The number of aromatic nitrogens is 1. The number of anilines is 2. The molecule has 2 heterocycles. The number of hydrogen-bond donors (Lipinski definition) is 1. The lowest BCUT2D eigenvalue weighted by atomic mass is 10.1. The molecule has 7 heteroatoms. The molecule has 0 aliphatic carbocycles. The molecule has 1 aliphatic rings. The molecule has 1 saturated heterocycles. The number of esters is 1. The van der Waals surface area contributed by atoms with Crippen molar-refractivity contribution in [3.63, 3.8) is 0 Å². The Morgan fingerprint density at radius 3 is 2.36 bits per heavy atom. The first kappa shape index (κ1) is 22.3. The molecule has 3 aromatic rings. The van der Waals surface area contributed by atoms with Crippen LogP contribution < -0.4 is 10.2 Å². The average Bonchev–Trinajstić information content (AvgIpc) is 3.12. The summed E-state index contributed by atoms with van der Waals surface area (Å²) >= 11 is 0. The van der Waals surface area contributed by atoms with Crippen molar-refractivity contribution in [2.24, 2.45) is 0 Å². The van der Waals surface area contributed by atoms with Crippen molar-refractivity contribution < 1.29 is 14.3 Å². The second-order valence-corrected chi connectivity index (χ2v) is 7.83. The normalized spacial score (nSPS) is 13.8. The number of rotatable bonds is 5. The Labute approximate surface area is 194 Å². The Morgan fingerprint density at radius 2 is 1.67 bits per heavy atom. The van der Waals surface area contributed by atoms with Crippen LogP contribution in [0.5, 0.6) is 0 Å². The maximum atomic E-state index is 12.8. The van der Waals surface area contributed by atoms with E-state index in [0.29, 0.717) is 31.8 Å². The van der Waals surface area contributed by atoms with Crippen LogP contribution in [0.3, 0.4) is 0 Å². The molecule has 1 fully saturated rings. The predicted octanol–water partition coefficient (Wildman–Crippen LogP) is 4.67. The van der Waals surface area contributed by atoms with E-state index >= 15 is 0 Å². The molecule has 170 valence electrons. The lowest BCUT2D eigenvalue weighted by molar-refractivity contribution is 0.0526. The van der Waals surface area contributed by atoms with Crippen molar-refractivity contribution in [2.45, 2.75) is 13.3 Å². The summed E-state index contributed by atoms with van der Waals surface area (Å²) in [5.74, 6) is 0.425. The third-order valence-corrected chi connectivity index (χ3v) is 5.61. The zero-order chi connectivity index (χ0) is 23.0. The number of benzene rings is 2. The smallest absolute Gasteiger partial charge is 0.339 e. The van der Waals surface area contributed by atoms with Crippen molar-refractivity contribution in [3.05, 3.63) is 78.5 Å². The highest BCUT2D eigenvalue weighted by Crippen LogP contribution is 2.21. The van der Waals surface area contributed by atoms with Gasteiger partial charge in [0.25, 0.3) is 0 Å². The fraction of sp³-hybridized carbons (Fsp3) is 0.269. The minimum absolute atomic E-state index is 0.102. The topological polar surface area (TPSA) is 74.8 Å². The van der Waals surface area contributed by atoms with Gasteiger partial charge in [-0.05, 0) is 48.7 Å². The summed E-state index contributed by atoms with van der Waals surface area (Å²) in [6, 6.07) is 21.5. The Kier molecular flexibility index (Phi) is 7.19. The van der Waals surface area contributed by atoms with Gasteiger partial charge in [0.1, 0.15) is 5.82 Å². The standard InChI is InChI=1S/C26H28N4O3/c1-2-33-25(31)22-11-14-24(27-19-22)29-15-6-16-30(18-17-29)26(32)28-23-12-9-21(10-13-23)20-7-4-3-5-8-20/h3-5,7-14,19H,2,6,15-18H2,1H3,(H,28,32). The van der Waals surface area contributed by atoms with Gasteiger partial charge in [-0.2, -0.15) is 0 Å². The highest BCUT2D eigenvalue weighted by molar-refractivity contribution is 5.90. The number of nitrogens with zero attached hydrogens (tertiary/aromatic N) is 3. The van der Waals surface area contributed by atoms with Crippen LogP contribution in [0.15, 0.2) is 72.9 Å². The molecular formula is C26H28N4O3. The van der Waals surface area contributed by atoms with E-state index in [-0.39, 0.29) is 12.0 Å². The van der Waals surface area contributed by atoms with Crippen molar-refractivity contribution in [3.8, 4) is 11.1 Å². The van der Waals surface area contributed by atoms with E-state index in [2.05, 4.69) is 27.3 Å². The fourth-order valence-corrected chi connectivity index (χ4v) is 3.84. The van der Waals surface area contributed by atoms with Crippen LogP contribution in [0.4, 0.5) is 16.3 Å². The monoisotopic (exact) mass is 444 g/mol. The maximum Gasteiger partial charge on any atom is 0.339 e. The first-order valence-electron chi connectivity index (χ1n) is 11.2. The molecule has 1 aliphatic heterocycles. The first-order chi connectivity index (χ1) is 16.1. The van der Waals surface area contributed by atoms with E-state index in [9.17, 15) is 9.59 Å². The third kappa shape index (κ3) is 5.68. The molecule has 2 amide bonds. The third-order valence-electron chi connectivity index (χ3n) is 5.61. The Morgan fingerprint density at radius 1 is 0.909 bits per heavy atom. The number of hydrogen-bond acceptors (Lipinski definition) is 5. The molecule has 1 N–H and O–H groups in total. The van der Waals surface area contributed by atoms with Crippen molar-refractivity contribution in [1.29, 1.82) is 0 Å². The van der Waals surface area contributed by atoms with E-state index in [0.717, 1.165) is 35.6 Å². The van der Waals surface area contributed by atoms with Gasteiger partial charge in [0.15, 0.2) is 0 Å². The summed E-state index contributed by atoms with van der Waals surface area (Å²) in [5.41, 5.74) is 3.47. The molecule has 4 rings (SSSR count). The summed E-state index contributed by atoms with van der Waals surface area (Å²) in [7, 11) is 0. The van der Waals surface area contributed by atoms with Gasteiger partial charge >= 0.3 is 12.0 Å². The average molecular weight is 445 g/mol. The Hall–Kier alpha value is -3.87. The molecule has 1 aromatic heterocycles. The first-order valence-corrected chi connectivity index (χ1v) is 11.2. The Bertz CT molecular complexity index is 1070. The largest absolute Gasteiger partial charge is 0.462 e. The van der Waals surface area contributed by atoms with Gasteiger partial charge in [-0.15, -0.1) is 0 Å². The van der Waals surface area contributed by atoms with Gasteiger partial charge in [-0.3, -0.25) is 0 Å². The molecular weight excluding hydrogens is 416 g/mol. The molecule has 7 nitrogen and oxygen atoms in total. The fourth-order valence-electron chi connectivity index (χ4n) is 3.84. The molecule has 0 saturated carbocycles. The molecule has 0 radical (unpaired) electrons. The van der Waals surface area contributed by atoms with Crippen LogP contribution in [-0.2, 0) is 4.74 Å². The van der Waals surface area contributed by atoms with Crippen LogP contribution in [0.1, 0.15) is 23.7 Å².